The minimum absolute atomic E-state index is 0.00716. The molecule has 0 bridgehead atoms. The van der Waals surface area contributed by atoms with Gasteiger partial charge in [-0.3, -0.25) is 4.90 Å². The van der Waals surface area contributed by atoms with Crippen molar-refractivity contribution >= 4 is 0 Å². The smallest absolute Gasteiger partial charge is 0.0936 e. The Balaban J connectivity index is 1.84. The third kappa shape index (κ3) is 3.67. The van der Waals surface area contributed by atoms with E-state index in [-0.39, 0.29) is 18.8 Å². The van der Waals surface area contributed by atoms with E-state index in [4.69, 9.17) is 4.74 Å². The Kier molecular flexibility index (Phi) is 5.42. The summed E-state index contributed by atoms with van der Waals surface area (Å²) < 4.78 is 5.70. The van der Waals surface area contributed by atoms with Gasteiger partial charge in [0.2, 0.25) is 0 Å². The Hall–Kier alpha value is -0.160. The summed E-state index contributed by atoms with van der Waals surface area (Å²) in [4.78, 5) is 2.48. The van der Waals surface area contributed by atoms with Crippen LogP contribution in [0.3, 0.4) is 0 Å². The summed E-state index contributed by atoms with van der Waals surface area (Å²) in [5, 5.41) is 12.9. The van der Waals surface area contributed by atoms with Crippen LogP contribution in [-0.2, 0) is 4.74 Å². The molecule has 4 unspecified atom stereocenters. The van der Waals surface area contributed by atoms with Gasteiger partial charge in [-0.15, -0.1) is 0 Å². The minimum Gasteiger partial charge on any atom is -0.394 e. The molecule has 0 aromatic rings. The molecule has 0 aromatic heterocycles. The Morgan fingerprint density at radius 3 is 2.89 bits per heavy atom. The van der Waals surface area contributed by atoms with Gasteiger partial charge in [0.15, 0.2) is 0 Å². The van der Waals surface area contributed by atoms with Crippen molar-refractivity contribution in [2.45, 2.75) is 51.4 Å². The summed E-state index contributed by atoms with van der Waals surface area (Å²) in [5.41, 5.74) is 0. The molecule has 2 aliphatic rings. The van der Waals surface area contributed by atoms with Crippen molar-refractivity contribution in [2.24, 2.45) is 5.92 Å². The highest BCUT2D eigenvalue weighted by molar-refractivity contribution is 4.87. The lowest BCUT2D eigenvalue weighted by atomic mass is 10.0. The highest BCUT2D eigenvalue weighted by Crippen LogP contribution is 2.27. The molecule has 4 heteroatoms. The van der Waals surface area contributed by atoms with E-state index in [0.29, 0.717) is 6.04 Å². The number of hydrogen-bond donors (Lipinski definition) is 2. The topological polar surface area (TPSA) is 44.7 Å². The van der Waals surface area contributed by atoms with Gasteiger partial charge in [0, 0.05) is 25.7 Å². The van der Waals surface area contributed by atoms with Crippen molar-refractivity contribution in [3.8, 4) is 0 Å². The fourth-order valence-electron chi connectivity index (χ4n) is 3.51. The highest BCUT2D eigenvalue weighted by Gasteiger charge is 2.31. The first kappa shape index (κ1) is 14.3. The van der Waals surface area contributed by atoms with Crippen LogP contribution in [-0.4, -0.2) is 61.0 Å². The predicted octanol–water partition coefficient (Wildman–Crippen LogP) is 0.846. The number of morpholine rings is 1. The van der Waals surface area contributed by atoms with Gasteiger partial charge in [0.05, 0.1) is 18.8 Å². The van der Waals surface area contributed by atoms with Gasteiger partial charge in [0.1, 0.15) is 0 Å². The third-order valence-corrected chi connectivity index (χ3v) is 4.22. The normalized spacial score (nSPS) is 38.2. The summed E-state index contributed by atoms with van der Waals surface area (Å²) in [5.74, 6) is 0.773. The van der Waals surface area contributed by atoms with E-state index in [1.807, 2.05) is 0 Å². The fourth-order valence-corrected chi connectivity index (χ4v) is 3.51. The molecule has 1 heterocycles. The molecule has 2 N–H and O–H groups in total. The largest absolute Gasteiger partial charge is 0.394 e. The zero-order valence-electron chi connectivity index (χ0n) is 11.8. The number of nitrogens with one attached hydrogen (secondary N) is 1. The summed E-state index contributed by atoms with van der Waals surface area (Å²) in [6.07, 6.45) is 4.27. The molecule has 18 heavy (non-hydrogen) atoms. The highest BCUT2D eigenvalue weighted by atomic mass is 16.5. The molecular formula is C14H28N2O2. The van der Waals surface area contributed by atoms with Crippen LogP contribution < -0.4 is 5.32 Å². The van der Waals surface area contributed by atoms with Crippen molar-refractivity contribution in [1.29, 1.82) is 0 Å². The maximum Gasteiger partial charge on any atom is 0.0936 e. The number of hydrogen-bond acceptors (Lipinski definition) is 4. The lowest BCUT2D eigenvalue weighted by Gasteiger charge is -2.38. The van der Waals surface area contributed by atoms with Crippen LogP contribution in [0, 0.1) is 5.92 Å². The third-order valence-electron chi connectivity index (χ3n) is 4.22. The number of ether oxygens (including phenoxy) is 1. The molecule has 106 valence electrons. The van der Waals surface area contributed by atoms with Gasteiger partial charge in [-0.25, -0.2) is 0 Å². The van der Waals surface area contributed by atoms with Crippen LogP contribution in [0.25, 0.3) is 0 Å². The number of rotatable bonds is 5. The minimum atomic E-state index is 0.00716. The summed E-state index contributed by atoms with van der Waals surface area (Å²) in [6, 6.07) is 0.695. The summed E-state index contributed by atoms with van der Waals surface area (Å²) in [6.45, 7) is 8.55. The quantitative estimate of drug-likeness (QED) is 0.765. The van der Waals surface area contributed by atoms with Crippen molar-refractivity contribution in [1.82, 2.24) is 10.2 Å². The van der Waals surface area contributed by atoms with Crippen LogP contribution in [0.2, 0.25) is 0 Å². The second kappa shape index (κ2) is 6.85. The molecule has 1 aliphatic heterocycles. The monoisotopic (exact) mass is 256 g/mol. The standard InChI is InChI=1S/C14H28N2O2/c1-3-15-14-6-4-5-12(14)8-16-7-11(2)18-13(9-16)10-17/h11-15,17H,3-10H2,1-2H3. The fraction of sp³-hybridized carbons (Fsp3) is 1.00. The van der Waals surface area contributed by atoms with Crippen molar-refractivity contribution in [3.63, 3.8) is 0 Å². The second-order valence-corrected chi connectivity index (χ2v) is 5.82. The zero-order chi connectivity index (χ0) is 13.0. The maximum atomic E-state index is 9.26. The molecule has 4 nitrogen and oxygen atoms in total. The van der Waals surface area contributed by atoms with Crippen molar-refractivity contribution < 1.29 is 9.84 Å². The maximum absolute atomic E-state index is 9.26. The molecule has 2 fully saturated rings. The van der Waals surface area contributed by atoms with E-state index in [0.717, 1.165) is 32.1 Å². The van der Waals surface area contributed by atoms with E-state index in [2.05, 4.69) is 24.1 Å². The second-order valence-electron chi connectivity index (χ2n) is 5.82. The SMILES string of the molecule is CCNC1CCCC1CN1CC(C)OC(CO)C1. The molecule has 1 aliphatic carbocycles. The first-order valence-electron chi connectivity index (χ1n) is 7.45. The molecule has 2 rings (SSSR count). The lowest BCUT2D eigenvalue weighted by molar-refractivity contribution is -0.0981. The van der Waals surface area contributed by atoms with E-state index in [9.17, 15) is 5.11 Å². The van der Waals surface area contributed by atoms with Crippen LogP contribution in [0.15, 0.2) is 0 Å². The van der Waals surface area contributed by atoms with Crippen molar-refractivity contribution in [3.05, 3.63) is 0 Å². The zero-order valence-corrected chi connectivity index (χ0v) is 11.8. The summed E-state index contributed by atoms with van der Waals surface area (Å²) in [7, 11) is 0. The molecule has 0 spiro atoms. The molecule has 4 atom stereocenters. The lowest BCUT2D eigenvalue weighted by Crippen LogP contribution is -2.50. The molecule has 1 saturated carbocycles. The average Bonchev–Trinajstić information content (AvgIpc) is 2.76. The molecule has 0 amide bonds. The van der Waals surface area contributed by atoms with E-state index >= 15 is 0 Å². The Bertz CT molecular complexity index is 250. The first-order valence-corrected chi connectivity index (χ1v) is 7.45. The molecule has 1 saturated heterocycles. The van der Waals surface area contributed by atoms with Crippen LogP contribution in [0.1, 0.15) is 33.1 Å². The summed E-state index contributed by atoms with van der Waals surface area (Å²) >= 11 is 0. The van der Waals surface area contributed by atoms with Gasteiger partial charge in [-0.2, -0.15) is 0 Å². The van der Waals surface area contributed by atoms with Crippen LogP contribution >= 0.6 is 0 Å². The van der Waals surface area contributed by atoms with Gasteiger partial charge in [-0.05, 0) is 32.2 Å². The average molecular weight is 256 g/mol. The van der Waals surface area contributed by atoms with Crippen LogP contribution in [0.5, 0.6) is 0 Å². The number of nitrogens with zero attached hydrogens (tertiary/aromatic N) is 1. The van der Waals surface area contributed by atoms with Gasteiger partial charge < -0.3 is 15.2 Å². The number of aliphatic hydroxyl groups excluding tert-OH is 1. The van der Waals surface area contributed by atoms with E-state index in [1.54, 1.807) is 0 Å². The Labute approximate surface area is 111 Å². The van der Waals surface area contributed by atoms with E-state index in [1.165, 1.54) is 19.3 Å². The predicted molar refractivity (Wildman–Crippen MR) is 72.7 cm³/mol. The molecule has 0 aromatic carbocycles. The van der Waals surface area contributed by atoms with Gasteiger partial charge >= 0.3 is 0 Å². The van der Waals surface area contributed by atoms with Gasteiger partial charge in [-0.1, -0.05) is 13.3 Å². The van der Waals surface area contributed by atoms with Crippen molar-refractivity contribution in [2.75, 3.05) is 32.8 Å². The van der Waals surface area contributed by atoms with Crippen LogP contribution in [0.4, 0.5) is 0 Å². The Morgan fingerprint density at radius 1 is 1.33 bits per heavy atom. The number of aliphatic hydroxyl groups is 1. The molecule has 0 radical (unpaired) electrons. The Morgan fingerprint density at radius 2 is 2.17 bits per heavy atom. The van der Waals surface area contributed by atoms with Gasteiger partial charge in [0.25, 0.3) is 0 Å². The van der Waals surface area contributed by atoms with E-state index < -0.39 is 0 Å². The first-order chi connectivity index (χ1) is 8.72. The molecular weight excluding hydrogens is 228 g/mol.